The van der Waals surface area contributed by atoms with Crippen molar-refractivity contribution < 1.29 is 27.5 Å². The largest absolute Gasteiger partial charge is 0.378 e. The molecule has 3 aromatic rings. The zero-order valence-electron chi connectivity index (χ0n) is 24.0. The second-order valence-corrected chi connectivity index (χ2v) is 14.6. The summed E-state index contributed by atoms with van der Waals surface area (Å²) in [6.07, 6.45) is 0.711. The summed E-state index contributed by atoms with van der Waals surface area (Å²) in [5, 5.41) is 0.936. The predicted molar refractivity (Wildman–Crippen MR) is 161 cm³/mol. The number of H-pyrrole nitrogens is 1. The first-order chi connectivity index (χ1) is 20.5. The van der Waals surface area contributed by atoms with Gasteiger partial charge in [-0.25, -0.2) is 13.4 Å². The summed E-state index contributed by atoms with van der Waals surface area (Å²) in [7, 11) is -2.19. The van der Waals surface area contributed by atoms with Gasteiger partial charge in [0.05, 0.1) is 30.5 Å². The first-order valence-corrected chi connectivity index (χ1v) is 16.8. The number of piperazine rings is 1. The number of amides is 2. The van der Waals surface area contributed by atoms with Gasteiger partial charge in [-0.1, -0.05) is 11.6 Å². The van der Waals surface area contributed by atoms with Crippen LogP contribution in [0.25, 0.3) is 10.9 Å². The van der Waals surface area contributed by atoms with Crippen molar-refractivity contribution in [3.05, 3.63) is 44.4 Å². The van der Waals surface area contributed by atoms with Crippen molar-refractivity contribution in [2.45, 2.75) is 37.4 Å². The van der Waals surface area contributed by atoms with Gasteiger partial charge < -0.3 is 24.4 Å². The number of carbonyl (C=O) groups is 3. The molecule has 2 saturated heterocycles. The molecule has 43 heavy (non-hydrogen) atoms. The van der Waals surface area contributed by atoms with Crippen molar-refractivity contribution in [3.63, 3.8) is 0 Å². The fraction of sp³-hybridized carbons (Fsp3) is 0.500. The molecule has 1 unspecified atom stereocenters. The monoisotopic (exact) mass is 648 g/mol. The van der Waals surface area contributed by atoms with E-state index in [1.807, 2.05) is 7.05 Å². The standard InChI is InChI=1S/C28H33ClN6O6S2/c1-17(36)25-20-13-18(29)3-4-21(20)31-27(25)43(39,40)34-7-8-35(19(15-34)14-24(37)33-9-11-41-12-10-33)28(38)26-30-22-5-6-32(2)16-23(22)42-26/h3-4,13,19,31H,5-12,14-16H2,1-2H3. The summed E-state index contributed by atoms with van der Waals surface area (Å²) in [4.78, 5) is 54.0. The highest BCUT2D eigenvalue weighted by Crippen LogP contribution is 2.33. The Labute approximate surface area is 258 Å². The predicted octanol–water partition coefficient (Wildman–Crippen LogP) is 2.23. The molecule has 3 aliphatic rings. The van der Waals surface area contributed by atoms with Gasteiger partial charge in [0.1, 0.15) is 0 Å². The molecule has 5 heterocycles. The van der Waals surface area contributed by atoms with E-state index in [-0.39, 0.29) is 48.5 Å². The molecule has 1 atom stereocenters. The summed E-state index contributed by atoms with van der Waals surface area (Å²) < 4.78 is 34.8. The van der Waals surface area contributed by atoms with Gasteiger partial charge >= 0.3 is 0 Å². The number of likely N-dealkylation sites (N-methyl/N-ethyl adjacent to an activating group) is 1. The third kappa shape index (κ3) is 5.83. The number of aromatic amines is 1. The Morgan fingerprint density at radius 2 is 1.91 bits per heavy atom. The van der Waals surface area contributed by atoms with E-state index in [2.05, 4.69) is 14.9 Å². The number of fused-ring (bicyclic) bond motifs is 2. The normalized spacial score (nSPS) is 20.4. The van der Waals surface area contributed by atoms with Crippen molar-refractivity contribution in [2.24, 2.45) is 0 Å². The number of Topliss-reactive ketones (excluding diaryl/α,β-unsaturated/α-hetero) is 1. The van der Waals surface area contributed by atoms with Crippen LogP contribution in [-0.2, 0) is 32.5 Å². The Kier molecular flexibility index (Phi) is 8.35. The fourth-order valence-corrected chi connectivity index (χ4v) is 9.00. The Morgan fingerprint density at radius 1 is 1.14 bits per heavy atom. The van der Waals surface area contributed by atoms with Crippen LogP contribution in [0.4, 0.5) is 0 Å². The van der Waals surface area contributed by atoms with Gasteiger partial charge in [0.15, 0.2) is 15.8 Å². The van der Waals surface area contributed by atoms with Gasteiger partial charge in [-0.2, -0.15) is 4.31 Å². The number of nitrogens with zero attached hydrogens (tertiary/aromatic N) is 5. The zero-order chi connectivity index (χ0) is 30.5. The maximum absolute atomic E-state index is 14.1. The number of sulfonamides is 1. The van der Waals surface area contributed by atoms with Gasteiger partial charge in [0, 0.05) is 79.5 Å². The van der Waals surface area contributed by atoms with Crippen LogP contribution < -0.4 is 0 Å². The summed E-state index contributed by atoms with van der Waals surface area (Å²) in [5.41, 5.74) is 1.43. The van der Waals surface area contributed by atoms with Crippen LogP contribution in [0.1, 0.15) is 44.1 Å². The summed E-state index contributed by atoms with van der Waals surface area (Å²) in [6, 6.07) is 4.09. The molecule has 0 saturated carbocycles. The van der Waals surface area contributed by atoms with E-state index in [1.165, 1.54) is 22.6 Å². The first-order valence-electron chi connectivity index (χ1n) is 14.2. The summed E-state index contributed by atoms with van der Waals surface area (Å²) in [6.45, 7) is 4.59. The average Bonchev–Trinajstić information content (AvgIpc) is 3.59. The molecule has 2 aromatic heterocycles. The van der Waals surface area contributed by atoms with Crippen LogP contribution >= 0.6 is 22.9 Å². The number of aromatic nitrogens is 2. The number of carbonyl (C=O) groups excluding carboxylic acids is 3. The number of thiazole rings is 1. The number of hydrogen-bond donors (Lipinski definition) is 1. The first kappa shape index (κ1) is 30.2. The smallest absolute Gasteiger partial charge is 0.283 e. The number of ketones is 1. The van der Waals surface area contributed by atoms with E-state index in [4.69, 9.17) is 16.3 Å². The lowest BCUT2D eigenvalue weighted by molar-refractivity contribution is -0.136. The molecule has 12 nitrogen and oxygen atoms in total. The molecule has 0 radical (unpaired) electrons. The molecule has 0 bridgehead atoms. The van der Waals surface area contributed by atoms with E-state index in [0.717, 1.165) is 30.1 Å². The highest BCUT2D eigenvalue weighted by Gasteiger charge is 2.41. The van der Waals surface area contributed by atoms with Gasteiger partial charge in [0.2, 0.25) is 5.91 Å². The molecular formula is C28H33ClN6O6S2. The molecule has 0 spiro atoms. The average molecular weight is 649 g/mol. The third-order valence-corrected chi connectivity index (χ3v) is 11.4. The minimum atomic E-state index is -4.22. The molecule has 1 N–H and O–H groups in total. The maximum Gasteiger partial charge on any atom is 0.283 e. The van der Waals surface area contributed by atoms with E-state index in [9.17, 15) is 22.8 Å². The summed E-state index contributed by atoms with van der Waals surface area (Å²) in [5.74, 6) is -0.892. The van der Waals surface area contributed by atoms with Gasteiger partial charge in [-0.05, 0) is 32.2 Å². The van der Waals surface area contributed by atoms with E-state index in [1.54, 1.807) is 28.0 Å². The Bertz CT molecular complexity index is 1700. The zero-order valence-corrected chi connectivity index (χ0v) is 26.4. The minimum absolute atomic E-state index is 0.00237. The highest BCUT2D eigenvalue weighted by atomic mass is 35.5. The van der Waals surface area contributed by atoms with Crippen LogP contribution in [0.5, 0.6) is 0 Å². The number of hydrogen-bond acceptors (Lipinski definition) is 9. The van der Waals surface area contributed by atoms with E-state index in [0.29, 0.717) is 47.2 Å². The molecule has 1 aromatic carbocycles. The summed E-state index contributed by atoms with van der Waals surface area (Å²) >= 11 is 7.52. The number of rotatable bonds is 6. The van der Waals surface area contributed by atoms with Gasteiger partial charge in [-0.15, -0.1) is 11.3 Å². The Hall–Kier alpha value is -2.88. The van der Waals surface area contributed by atoms with E-state index >= 15 is 0 Å². The molecule has 6 rings (SSSR count). The molecule has 0 aliphatic carbocycles. The molecular weight excluding hydrogens is 616 g/mol. The van der Waals surface area contributed by atoms with Crippen LogP contribution in [0, 0.1) is 0 Å². The van der Waals surface area contributed by atoms with Crippen LogP contribution in [0.3, 0.4) is 0 Å². The Morgan fingerprint density at radius 3 is 2.65 bits per heavy atom. The van der Waals surface area contributed by atoms with Crippen LogP contribution in [0.2, 0.25) is 5.02 Å². The number of benzene rings is 1. The molecule has 230 valence electrons. The number of halogens is 1. The van der Waals surface area contributed by atoms with Crippen molar-refractivity contribution in [2.75, 3.05) is 59.5 Å². The fourth-order valence-electron chi connectivity index (χ4n) is 5.98. The third-order valence-electron chi connectivity index (χ3n) is 8.26. The van der Waals surface area contributed by atoms with Crippen LogP contribution in [-0.4, -0.2) is 121 Å². The number of ether oxygens (including phenoxy) is 1. The Balaban J connectivity index is 1.31. The quantitative estimate of drug-likeness (QED) is 0.402. The minimum Gasteiger partial charge on any atom is -0.378 e. The van der Waals surface area contributed by atoms with Crippen molar-refractivity contribution in [1.29, 1.82) is 0 Å². The van der Waals surface area contributed by atoms with Crippen molar-refractivity contribution >= 4 is 61.5 Å². The molecule has 3 aliphatic heterocycles. The van der Waals surface area contributed by atoms with Crippen LogP contribution in [0.15, 0.2) is 23.2 Å². The maximum atomic E-state index is 14.1. The lowest BCUT2D eigenvalue weighted by Gasteiger charge is -2.41. The second kappa shape index (κ2) is 11.9. The lowest BCUT2D eigenvalue weighted by atomic mass is 10.1. The topological polar surface area (TPSA) is 136 Å². The van der Waals surface area contributed by atoms with Gasteiger partial charge in [0.25, 0.3) is 15.9 Å². The van der Waals surface area contributed by atoms with Crippen molar-refractivity contribution in [3.8, 4) is 0 Å². The number of morpholine rings is 1. The van der Waals surface area contributed by atoms with Crippen molar-refractivity contribution in [1.82, 2.24) is 29.0 Å². The van der Waals surface area contributed by atoms with E-state index < -0.39 is 21.8 Å². The lowest BCUT2D eigenvalue weighted by Crippen LogP contribution is -2.58. The highest BCUT2D eigenvalue weighted by molar-refractivity contribution is 7.89. The number of nitrogens with one attached hydrogen (secondary N) is 1. The molecule has 2 amide bonds. The second-order valence-electron chi connectivity index (χ2n) is 11.2. The SMILES string of the molecule is CC(=O)c1c(S(=O)(=O)N2CCN(C(=O)c3nc4c(s3)CN(C)CC4)C(CC(=O)N3CCOCC3)C2)[nH]c2ccc(Cl)cc12. The molecule has 15 heteroatoms. The molecule has 2 fully saturated rings. The van der Waals surface area contributed by atoms with Gasteiger partial charge in [-0.3, -0.25) is 14.4 Å².